The smallest absolute Gasteiger partial charge is 0.290 e. The summed E-state index contributed by atoms with van der Waals surface area (Å²) in [6.07, 6.45) is 16.1. The van der Waals surface area contributed by atoms with E-state index >= 15 is 0 Å². The van der Waals surface area contributed by atoms with E-state index in [9.17, 15) is 9.59 Å². The molecule has 6 nitrogen and oxygen atoms in total. The molecule has 2 unspecified atom stereocenters. The molecule has 5 aliphatic carbocycles. The summed E-state index contributed by atoms with van der Waals surface area (Å²) in [5, 5.41) is 3.22. The zero-order valence-electron chi connectivity index (χ0n) is 15.9. The molecular formula is C22H26N2O4. The molecule has 4 bridgehead atoms. The molecule has 6 aliphatic rings. The van der Waals surface area contributed by atoms with Gasteiger partial charge in [-0.1, -0.05) is 18.2 Å². The fraction of sp³-hybridized carbons (Fsp3) is 0.545. The van der Waals surface area contributed by atoms with Gasteiger partial charge >= 0.3 is 0 Å². The van der Waals surface area contributed by atoms with Crippen LogP contribution in [0.3, 0.4) is 0 Å². The monoisotopic (exact) mass is 382 g/mol. The second kappa shape index (κ2) is 6.26. The fourth-order valence-corrected chi connectivity index (χ4v) is 6.37. The maximum atomic E-state index is 13.0. The number of allylic oxidation sites excluding steroid dienone is 4. The number of carbonyl (C=O) groups is 2. The lowest BCUT2D eigenvalue weighted by Gasteiger charge is -2.61. The third-order valence-corrected chi connectivity index (χ3v) is 7.09. The number of nitrogens with two attached hydrogens (primary N) is 1. The van der Waals surface area contributed by atoms with Gasteiger partial charge in [-0.15, -0.1) is 0 Å². The lowest BCUT2D eigenvalue weighted by atomic mass is 9.46. The minimum atomic E-state index is -0.458. The normalized spacial score (nSPS) is 37.9. The van der Waals surface area contributed by atoms with E-state index in [1.54, 1.807) is 0 Å². The van der Waals surface area contributed by atoms with Crippen LogP contribution in [0.4, 0.5) is 0 Å². The summed E-state index contributed by atoms with van der Waals surface area (Å²) in [4.78, 5) is 25.3. The van der Waals surface area contributed by atoms with Crippen LogP contribution in [-0.4, -0.2) is 17.4 Å². The molecule has 0 aromatic heterocycles. The molecule has 2 amide bonds. The van der Waals surface area contributed by atoms with E-state index in [0.29, 0.717) is 24.0 Å². The van der Waals surface area contributed by atoms with Crippen LogP contribution in [-0.2, 0) is 19.1 Å². The summed E-state index contributed by atoms with van der Waals surface area (Å²) in [7, 11) is 0. The number of hydrogen-bond acceptors (Lipinski definition) is 4. The quantitative estimate of drug-likeness (QED) is 0.782. The minimum absolute atomic E-state index is 0.164. The molecule has 4 fully saturated rings. The number of primary amides is 1. The van der Waals surface area contributed by atoms with Gasteiger partial charge in [-0.05, 0) is 68.8 Å². The van der Waals surface area contributed by atoms with Crippen molar-refractivity contribution in [3.05, 3.63) is 47.8 Å². The van der Waals surface area contributed by atoms with Crippen molar-refractivity contribution in [3.8, 4) is 0 Å². The number of nitrogens with one attached hydrogen (secondary N) is 1. The van der Waals surface area contributed by atoms with Crippen LogP contribution in [0.15, 0.2) is 47.8 Å². The van der Waals surface area contributed by atoms with E-state index in [2.05, 4.69) is 11.4 Å². The highest BCUT2D eigenvalue weighted by Crippen LogP contribution is 2.61. The van der Waals surface area contributed by atoms with Crippen molar-refractivity contribution in [2.45, 2.75) is 56.9 Å². The molecule has 3 N–H and O–H groups in total. The predicted molar refractivity (Wildman–Crippen MR) is 102 cm³/mol. The van der Waals surface area contributed by atoms with Gasteiger partial charge in [0.2, 0.25) is 11.7 Å². The zero-order chi connectivity index (χ0) is 19.4. The van der Waals surface area contributed by atoms with Gasteiger partial charge in [-0.25, -0.2) is 0 Å². The SMILES string of the molecule is NC(=O)C12CC3CC(CC(NC(=O)C4=COC=C(C5=CC=CCC5)O4)(C3)C1)C2. The lowest BCUT2D eigenvalue weighted by Crippen LogP contribution is -2.65. The van der Waals surface area contributed by atoms with Gasteiger partial charge in [0.05, 0.1) is 5.41 Å². The molecule has 1 heterocycles. The Morgan fingerprint density at radius 3 is 2.61 bits per heavy atom. The number of amides is 2. The van der Waals surface area contributed by atoms with Gasteiger partial charge in [0.15, 0.2) is 5.76 Å². The predicted octanol–water partition coefficient (Wildman–Crippen LogP) is 2.93. The highest BCUT2D eigenvalue weighted by molar-refractivity contribution is 5.92. The summed E-state index contributed by atoms with van der Waals surface area (Å²) in [5.41, 5.74) is 5.99. The Morgan fingerprint density at radius 2 is 1.93 bits per heavy atom. The van der Waals surface area contributed by atoms with Crippen molar-refractivity contribution in [1.29, 1.82) is 0 Å². The topological polar surface area (TPSA) is 90.7 Å². The van der Waals surface area contributed by atoms with E-state index < -0.39 is 5.41 Å². The Bertz CT molecular complexity index is 837. The molecule has 0 saturated heterocycles. The summed E-state index contributed by atoms with van der Waals surface area (Å²) in [5.74, 6) is 1.17. The van der Waals surface area contributed by atoms with Gasteiger partial charge < -0.3 is 20.5 Å². The molecule has 0 spiro atoms. The Morgan fingerprint density at radius 1 is 1.14 bits per heavy atom. The first-order chi connectivity index (χ1) is 13.5. The van der Waals surface area contributed by atoms with Crippen LogP contribution in [0, 0.1) is 17.3 Å². The lowest BCUT2D eigenvalue weighted by molar-refractivity contribution is -0.150. The van der Waals surface area contributed by atoms with Crippen LogP contribution < -0.4 is 11.1 Å². The highest BCUT2D eigenvalue weighted by Gasteiger charge is 2.60. The Labute approximate surface area is 164 Å². The van der Waals surface area contributed by atoms with E-state index in [1.807, 2.05) is 12.2 Å². The summed E-state index contributed by atoms with van der Waals surface area (Å²) >= 11 is 0. The third-order valence-electron chi connectivity index (χ3n) is 7.09. The average molecular weight is 382 g/mol. The molecule has 6 heteroatoms. The van der Waals surface area contributed by atoms with E-state index in [4.69, 9.17) is 15.2 Å². The van der Waals surface area contributed by atoms with Gasteiger partial charge in [-0.3, -0.25) is 9.59 Å². The van der Waals surface area contributed by atoms with Crippen molar-refractivity contribution in [1.82, 2.24) is 5.32 Å². The van der Waals surface area contributed by atoms with Crippen molar-refractivity contribution >= 4 is 11.8 Å². The maximum absolute atomic E-state index is 13.0. The van der Waals surface area contributed by atoms with E-state index in [1.165, 1.54) is 12.5 Å². The first-order valence-electron chi connectivity index (χ1n) is 10.2. The van der Waals surface area contributed by atoms with Crippen molar-refractivity contribution in [2.75, 3.05) is 0 Å². The van der Waals surface area contributed by atoms with E-state index in [-0.39, 0.29) is 23.1 Å². The van der Waals surface area contributed by atoms with Crippen molar-refractivity contribution in [3.63, 3.8) is 0 Å². The molecular weight excluding hydrogens is 356 g/mol. The van der Waals surface area contributed by atoms with Crippen LogP contribution >= 0.6 is 0 Å². The number of rotatable bonds is 4. The second-order valence-corrected chi connectivity index (χ2v) is 9.20. The highest BCUT2D eigenvalue weighted by atomic mass is 16.5. The maximum Gasteiger partial charge on any atom is 0.290 e. The summed E-state index contributed by atoms with van der Waals surface area (Å²) in [6.45, 7) is 0. The molecule has 4 saturated carbocycles. The fourth-order valence-electron chi connectivity index (χ4n) is 6.37. The molecule has 1 aliphatic heterocycles. The standard InChI is InChI=1S/C22H26N2O4/c23-20(26)21-7-14-6-15(8-21)10-22(9-14,13-21)24-19(25)18-12-27-11-17(28-18)16-4-2-1-3-5-16/h1-2,4,11-12,14-15H,3,5-10,13H2,(H2,23,26)(H,24,25). The van der Waals surface area contributed by atoms with Crippen LogP contribution in [0.5, 0.6) is 0 Å². The van der Waals surface area contributed by atoms with E-state index in [0.717, 1.165) is 50.5 Å². The number of ether oxygens (including phenoxy) is 2. The Hall–Kier alpha value is -2.50. The minimum Gasteiger partial charge on any atom is -0.465 e. The summed E-state index contributed by atoms with van der Waals surface area (Å²) in [6, 6.07) is 0. The van der Waals surface area contributed by atoms with Gasteiger partial charge in [0.1, 0.15) is 12.5 Å². The molecule has 6 rings (SSSR count). The van der Waals surface area contributed by atoms with Crippen molar-refractivity contribution < 1.29 is 19.1 Å². The molecule has 2 atom stereocenters. The van der Waals surface area contributed by atoms with Crippen LogP contribution in [0.1, 0.15) is 51.4 Å². The van der Waals surface area contributed by atoms with Gasteiger partial charge in [0, 0.05) is 5.54 Å². The van der Waals surface area contributed by atoms with Gasteiger partial charge in [-0.2, -0.15) is 0 Å². The Kier molecular flexibility index (Phi) is 3.93. The van der Waals surface area contributed by atoms with Crippen LogP contribution in [0.2, 0.25) is 0 Å². The summed E-state index contributed by atoms with van der Waals surface area (Å²) < 4.78 is 11.3. The molecule has 148 valence electrons. The molecule has 0 aromatic rings. The number of carbonyl (C=O) groups excluding carboxylic acids is 2. The second-order valence-electron chi connectivity index (χ2n) is 9.20. The Balaban J connectivity index is 1.32. The molecule has 0 radical (unpaired) electrons. The first kappa shape index (κ1) is 17.6. The molecule has 0 aromatic carbocycles. The first-order valence-corrected chi connectivity index (χ1v) is 10.2. The number of hydrogen-bond donors (Lipinski definition) is 2. The third kappa shape index (κ3) is 2.86. The molecule has 28 heavy (non-hydrogen) atoms. The van der Waals surface area contributed by atoms with Crippen LogP contribution in [0.25, 0.3) is 0 Å². The largest absolute Gasteiger partial charge is 0.465 e. The van der Waals surface area contributed by atoms with Gasteiger partial charge in [0.25, 0.3) is 5.91 Å². The average Bonchev–Trinajstić information content (AvgIpc) is 2.67. The zero-order valence-corrected chi connectivity index (χ0v) is 15.9. The van der Waals surface area contributed by atoms with Crippen molar-refractivity contribution in [2.24, 2.45) is 23.0 Å².